The molecule has 1 aliphatic rings. The highest BCUT2D eigenvalue weighted by Gasteiger charge is 2.30. The quantitative estimate of drug-likeness (QED) is 0.402. The lowest BCUT2D eigenvalue weighted by atomic mass is 10.0. The number of ether oxygens (including phenoxy) is 1. The van der Waals surface area contributed by atoms with E-state index in [0.717, 1.165) is 42.8 Å². The van der Waals surface area contributed by atoms with Crippen molar-refractivity contribution in [3.8, 4) is 17.0 Å². The lowest BCUT2D eigenvalue weighted by molar-refractivity contribution is -0.137. The molecule has 0 bridgehead atoms. The van der Waals surface area contributed by atoms with E-state index < -0.39 is 17.8 Å². The van der Waals surface area contributed by atoms with Gasteiger partial charge in [0.25, 0.3) is 0 Å². The molecule has 1 fully saturated rings. The summed E-state index contributed by atoms with van der Waals surface area (Å²) in [4.78, 5) is 12.5. The van der Waals surface area contributed by atoms with E-state index in [0.29, 0.717) is 24.1 Å². The molecule has 35 heavy (non-hydrogen) atoms. The van der Waals surface area contributed by atoms with Crippen LogP contribution in [-0.2, 0) is 13.2 Å². The van der Waals surface area contributed by atoms with Gasteiger partial charge < -0.3 is 20.7 Å². The number of aryl methyl sites for hydroxylation is 1. The summed E-state index contributed by atoms with van der Waals surface area (Å²) in [5.41, 5.74) is 1.22. The van der Waals surface area contributed by atoms with Gasteiger partial charge in [0, 0.05) is 36.2 Å². The zero-order chi connectivity index (χ0) is 24.8. The van der Waals surface area contributed by atoms with E-state index in [9.17, 15) is 18.0 Å². The number of hydrogen-bond donors (Lipinski definition) is 3. The van der Waals surface area contributed by atoms with Crippen LogP contribution in [0.2, 0.25) is 0 Å². The normalized spacial score (nSPS) is 16.1. The number of aromatic nitrogens is 2. The Labute approximate surface area is 201 Å². The average molecular weight is 488 g/mol. The number of hydrogen-bond acceptors (Lipinski definition) is 4. The fraction of sp³-hybridized carbons (Fsp3) is 0.360. The second-order valence-electron chi connectivity index (χ2n) is 8.49. The minimum absolute atomic E-state index is 0.0421. The van der Waals surface area contributed by atoms with Crippen molar-refractivity contribution in [3.05, 3.63) is 60.3 Å². The van der Waals surface area contributed by atoms with Crippen molar-refractivity contribution in [2.24, 2.45) is 7.05 Å². The molecule has 3 N–H and O–H groups in total. The summed E-state index contributed by atoms with van der Waals surface area (Å²) in [6, 6.07) is 11.3. The topological polar surface area (TPSA) is 80.2 Å². The van der Waals surface area contributed by atoms with Crippen LogP contribution in [0.1, 0.15) is 31.2 Å². The van der Waals surface area contributed by atoms with E-state index in [-0.39, 0.29) is 5.69 Å². The molecule has 0 radical (unpaired) electrons. The molecule has 1 unspecified atom stereocenters. The van der Waals surface area contributed by atoms with E-state index in [2.05, 4.69) is 21.0 Å². The molecule has 10 heteroatoms. The second-order valence-corrected chi connectivity index (χ2v) is 8.49. The van der Waals surface area contributed by atoms with Gasteiger partial charge in [0.1, 0.15) is 5.75 Å². The molecule has 1 atom stereocenters. The first-order valence-electron chi connectivity index (χ1n) is 11.5. The molecule has 2 aromatic carbocycles. The Bertz CT molecular complexity index is 1160. The van der Waals surface area contributed by atoms with Crippen LogP contribution in [0.15, 0.2) is 54.7 Å². The zero-order valence-electron chi connectivity index (χ0n) is 19.4. The summed E-state index contributed by atoms with van der Waals surface area (Å²) >= 11 is 0. The highest BCUT2D eigenvalue weighted by atomic mass is 19.4. The molecule has 4 rings (SSSR count). The van der Waals surface area contributed by atoms with E-state index in [1.54, 1.807) is 29.1 Å². The van der Waals surface area contributed by atoms with Gasteiger partial charge in [0.2, 0.25) is 0 Å². The molecule has 186 valence electrons. The molecule has 0 saturated carbocycles. The summed E-state index contributed by atoms with van der Waals surface area (Å²) in [6.07, 6.45) is 1.64. The molecule has 0 aliphatic carbocycles. The third kappa shape index (κ3) is 6.54. The molecular formula is C25H28F3N5O2. The second kappa shape index (κ2) is 10.8. The molecule has 3 aromatic rings. The van der Waals surface area contributed by atoms with Crippen molar-refractivity contribution < 1.29 is 22.7 Å². The Hall–Kier alpha value is -3.53. The maximum absolute atomic E-state index is 12.9. The number of piperidine rings is 1. The van der Waals surface area contributed by atoms with Crippen LogP contribution in [0.25, 0.3) is 11.3 Å². The van der Waals surface area contributed by atoms with E-state index in [1.807, 2.05) is 13.1 Å². The lowest BCUT2D eigenvalue weighted by Crippen LogP contribution is -2.35. The number of amides is 2. The number of nitrogens with one attached hydrogen (secondary N) is 3. The predicted molar refractivity (Wildman–Crippen MR) is 128 cm³/mol. The van der Waals surface area contributed by atoms with Gasteiger partial charge in [-0.2, -0.15) is 18.3 Å². The maximum Gasteiger partial charge on any atom is 0.416 e. The number of nitrogens with zero attached hydrogens (tertiary/aromatic N) is 2. The van der Waals surface area contributed by atoms with Crippen molar-refractivity contribution >= 4 is 17.4 Å². The molecule has 2 amide bonds. The maximum atomic E-state index is 12.9. The largest absolute Gasteiger partial charge is 0.493 e. The number of benzene rings is 2. The third-order valence-electron chi connectivity index (χ3n) is 5.92. The van der Waals surface area contributed by atoms with Crippen LogP contribution in [0, 0.1) is 0 Å². The van der Waals surface area contributed by atoms with Gasteiger partial charge >= 0.3 is 12.2 Å². The number of halogens is 3. The fourth-order valence-electron chi connectivity index (χ4n) is 4.12. The summed E-state index contributed by atoms with van der Waals surface area (Å²) in [6.45, 7) is 1.58. The van der Waals surface area contributed by atoms with E-state index >= 15 is 0 Å². The van der Waals surface area contributed by atoms with Crippen LogP contribution in [0.4, 0.5) is 29.3 Å². The Morgan fingerprint density at radius 3 is 2.63 bits per heavy atom. The summed E-state index contributed by atoms with van der Waals surface area (Å²) < 4.78 is 46.6. The van der Waals surface area contributed by atoms with Crippen molar-refractivity contribution in [3.63, 3.8) is 0 Å². The molecule has 1 aromatic heterocycles. The summed E-state index contributed by atoms with van der Waals surface area (Å²) in [5.74, 6) is 0.660. The number of urea groups is 1. The Balaban J connectivity index is 1.46. The fourth-order valence-corrected chi connectivity index (χ4v) is 4.12. The van der Waals surface area contributed by atoms with Crippen molar-refractivity contribution in [1.29, 1.82) is 0 Å². The monoisotopic (exact) mass is 487 g/mol. The SMILES string of the molecule is Cn1nccc1-c1cc(NC(=O)Nc2cccc(C(F)(F)F)c2)ccc1OCCC1CCCCN1. The zero-order valence-corrected chi connectivity index (χ0v) is 19.4. The van der Waals surface area contributed by atoms with Crippen LogP contribution in [0.3, 0.4) is 0 Å². The van der Waals surface area contributed by atoms with E-state index in [1.165, 1.54) is 25.0 Å². The van der Waals surface area contributed by atoms with Crippen molar-refractivity contribution in [2.75, 3.05) is 23.8 Å². The standard InChI is InChI=1S/C25H28F3N5O2/c1-33-22(10-13-30-33)21-16-20(8-9-23(21)35-14-11-18-6-2-3-12-29-18)32-24(34)31-19-7-4-5-17(15-19)25(26,27)28/h4-5,7-10,13,15-16,18,29H,2-3,6,11-12,14H2,1H3,(H2,31,32,34). The third-order valence-corrected chi connectivity index (χ3v) is 5.92. The Morgan fingerprint density at radius 1 is 1.14 bits per heavy atom. The first-order valence-corrected chi connectivity index (χ1v) is 11.5. The van der Waals surface area contributed by atoms with Crippen LogP contribution in [-0.4, -0.2) is 35.0 Å². The number of carbonyl (C=O) groups is 1. The Kier molecular flexibility index (Phi) is 7.60. The van der Waals surface area contributed by atoms with Gasteiger partial charge in [-0.05, 0) is 68.3 Å². The van der Waals surface area contributed by atoms with Gasteiger partial charge in [0.15, 0.2) is 0 Å². The Morgan fingerprint density at radius 2 is 1.94 bits per heavy atom. The van der Waals surface area contributed by atoms with Gasteiger partial charge in [-0.25, -0.2) is 4.79 Å². The highest BCUT2D eigenvalue weighted by Crippen LogP contribution is 2.33. The van der Waals surface area contributed by atoms with Crippen LogP contribution >= 0.6 is 0 Å². The van der Waals surface area contributed by atoms with Crippen molar-refractivity contribution in [1.82, 2.24) is 15.1 Å². The first-order chi connectivity index (χ1) is 16.8. The molecule has 2 heterocycles. The number of alkyl halides is 3. The number of anilines is 2. The highest BCUT2D eigenvalue weighted by molar-refractivity contribution is 6.00. The van der Waals surface area contributed by atoms with E-state index in [4.69, 9.17) is 4.74 Å². The molecule has 7 nitrogen and oxygen atoms in total. The van der Waals surface area contributed by atoms with Gasteiger partial charge in [-0.1, -0.05) is 12.5 Å². The van der Waals surface area contributed by atoms with Crippen LogP contribution in [0.5, 0.6) is 5.75 Å². The van der Waals surface area contributed by atoms with Gasteiger partial charge in [-0.3, -0.25) is 4.68 Å². The van der Waals surface area contributed by atoms with Crippen LogP contribution < -0.4 is 20.7 Å². The minimum atomic E-state index is -4.49. The number of rotatable bonds is 7. The number of carbonyl (C=O) groups excluding carboxylic acids is 1. The predicted octanol–water partition coefficient (Wildman–Crippen LogP) is 5.66. The van der Waals surface area contributed by atoms with Gasteiger partial charge in [-0.15, -0.1) is 0 Å². The molecule has 0 spiro atoms. The molecular weight excluding hydrogens is 459 g/mol. The minimum Gasteiger partial charge on any atom is -0.493 e. The smallest absolute Gasteiger partial charge is 0.416 e. The molecule has 1 saturated heterocycles. The lowest BCUT2D eigenvalue weighted by Gasteiger charge is -2.23. The summed E-state index contributed by atoms with van der Waals surface area (Å²) in [5, 5.41) is 12.9. The first kappa shape index (κ1) is 24.6. The van der Waals surface area contributed by atoms with Gasteiger partial charge in [0.05, 0.1) is 17.9 Å². The average Bonchev–Trinajstić information content (AvgIpc) is 3.26. The molecule has 1 aliphatic heterocycles. The van der Waals surface area contributed by atoms with Crippen molar-refractivity contribution in [2.45, 2.75) is 37.9 Å². The summed E-state index contributed by atoms with van der Waals surface area (Å²) in [7, 11) is 1.81.